The molecule has 130 valence electrons. The molecule has 3 aliphatic rings. The van der Waals surface area contributed by atoms with E-state index < -0.39 is 0 Å². The Bertz CT molecular complexity index is 593. The maximum Gasteiger partial charge on any atom is 0.254 e. The zero-order chi connectivity index (χ0) is 16.5. The predicted molar refractivity (Wildman–Crippen MR) is 92.0 cm³/mol. The Morgan fingerprint density at radius 1 is 1.12 bits per heavy atom. The van der Waals surface area contributed by atoms with Gasteiger partial charge in [0.25, 0.3) is 5.91 Å². The quantitative estimate of drug-likeness (QED) is 0.839. The smallest absolute Gasteiger partial charge is 0.254 e. The van der Waals surface area contributed by atoms with Crippen LogP contribution in [-0.4, -0.2) is 60.0 Å². The molecule has 2 saturated heterocycles. The number of nitrogens with zero attached hydrogens (tertiary/aromatic N) is 2. The first kappa shape index (κ1) is 16.1. The van der Waals surface area contributed by atoms with Gasteiger partial charge in [-0.3, -0.25) is 9.59 Å². The fourth-order valence-corrected chi connectivity index (χ4v) is 4.51. The van der Waals surface area contributed by atoms with Crippen molar-refractivity contribution in [1.82, 2.24) is 9.80 Å². The van der Waals surface area contributed by atoms with Gasteiger partial charge < -0.3 is 14.5 Å². The molecule has 1 aliphatic carbocycles. The second kappa shape index (κ2) is 6.84. The summed E-state index contributed by atoms with van der Waals surface area (Å²) < 4.78 is 5.48. The van der Waals surface area contributed by atoms with Gasteiger partial charge in [0.15, 0.2) is 0 Å². The topological polar surface area (TPSA) is 49.9 Å². The Morgan fingerprint density at radius 3 is 2.58 bits per heavy atom. The minimum Gasteiger partial charge on any atom is -0.381 e. The molecular formula is C18H24N2O3S. The molecule has 1 unspecified atom stereocenters. The first-order valence-corrected chi connectivity index (χ1v) is 9.89. The van der Waals surface area contributed by atoms with E-state index in [0.717, 1.165) is 57.4 Å². The van der Waals surface area contributed by atoms with E-state index in [1.807, 2.05) is 21.7 Å². The monoisotopic (exact) mass is 348 g/mol. The fourth-order valence-electron chi connectivity index (χ4n) is 3.88. The Balaban J connectivity index is 1.47. The van der Waals surface area contributed by atoms with Gasteiger partial charge in [0.05, 0.1) is 11.6 Å². The van der Waals surface area contributed by atoms with Crippen LogP contribution in [-0.2, 0) is 9.53 Å². The lowest BCUT2D eigenvalue weighted by Crippen LogP contribution is -2.51. The van der Waals surface area contributed by atoms with Gasteiger partial charge in [-0.05, 0) is 43.6 Å². The van der Waals surface area contributed by atoms with Crippen LogP contribution in [0.4, 0.5) is 0 Å². The summed E-state index contributed by atoms with van der Waals surface area (Å²) in [5.41, 5.74) is 0.770. The van der Waals surface area contributed by atoms with Crippen LogP contribution in [0.3, 0.4) is 0 Å². The van der Waals surface area contributed by atoms with Crippen LogP contribution in [0.15, 0.2) is 16.8 Å². The van der Waals surface area contributed by atoms with Gasteiger partial charge in [-0.1, -0.05) is 0 Å². The second-order valence-electron chi connectivity index (χ2n) is 7.07. The minimum atomic E-state index is 0.101. The van der Waals surface area contributed by atoms with Crippen LogP contribution < -0.4 is 0 Å². The number of rotatable bonds is 4. The van der Waals surface area contributed by atoms with Crippen molar-refractivity contribution in [1.29, 1.82) is 0 Å². The number of thiophene rings is 1. The zero-order valence-electron chi connectivity index (χ0n) is 13.9. The number of carbonyl (C=O) groups excluding carboxylic acids is 2. The minimum absolute atomic E-state index is 0.101. The number of hydrogen-bond donors (Lipinski definition) is 0. The summed E-state index contributed by atoms with van der Waals surface area (Å²) in [6.45, 7) is 2.90. The summed E-state index contributed by atoms with van der Waals surface area (Å²) in [4.78, 5) is 29.5. The first-order chi connectivity index (χ1) is 11.7. The summed E-state index contributed by atoms with van der Waals surface area (Å²) in [6, 6.07) is 2.34. The summed E-state index contributed by atoms with van der Waals surface area (Å²) in [7, 11) is 0. The van der Waals surface area contributed by atoms with Crippen molar-refractivity contribution in [3.63, 3.8) is 0 Å². The molecule has 0 radical (unpaired) electrons. The molecule has 1 aromatic rings. The fraction of sp³-hybridized carbons (Fsp3) is 0.667. The molecule has 3 heterocycles. The Kier molecular flexibility index (Phi) is 4.59. The third-order valence-corrected chi connectivity index (χ3v) is 6.06. The number of ether oxygens (including phenoxy) is 1. The molecule has 5 nitrogen and oxygen atoms in total. The van der Waals surface area contributed by atoms with Crippen LogP contribution in [0, 0.1) is 5.92 Å². The van der Waals surface area contributed by atoms with Gasteiger partial charge in [0.1, 0.15) is 0 Å². The van der Waals surface area contributed by atoms with Crippen molar-refractivity contribution in [3.8, 4) is 0 Å². The maximum atomic E-state index is 12.9. The van der Waals surface area contributed by atoms with E-state index in [0.29, 0.717) is 12.5 Å². The van der Waals surface area contributed by atoms with E-state index in [1.54, 1.807) is 11.3 Å². The molecule has 24 heavy (non-hydrogen) atoms. The maximum absolute atomic E-state index is 12.9. The summed E-state index contributed by atoms with van der Waals surface area (Å²) in [6.07, 6.45) is 4.80. The van der Waals surface area contributed by atoms with Crippen molar-refractivity contribution in [2.75, 3.05) is 26.3 Å². The molecule has 2 aliphatic heterocycles. The third kappa shape index (κ3) is 3.22. The van der Waals surface area contributed by atoms with E-state index in [4.69, 9.17) is 4.74 Å². The van der Waals surface area contributed by atoms with Crippen molar-refractivity contribution >= 4 is 23.2 Å². The van der Waals surface area contributed by atoms with E-state index >= 15 is 0 Å². The SMILES string of the molecule is O=C(c1ccsc1)N1CCC(N(C(=O)C2CC2)C2CCOCC2)C1. The Labute approximate surface area is 146 Å². The van der Waals surface area contributed by atoms with E-state index in [-0.39, 0.29) is 23.9 Å². The second-order valence-corrected chi connectivity index (χ2v) is 7.85. The van der Waals surface area contributed by atoms with Crippen molar-refractivity contribution < 1.29 is 14.3 Å². The molecule has 1 aromatic heterocycles. The van der Waals surface area contributed by atoms with Crippen molar-refractivity contribution in [2.45, 2.75) is 44.2 Å². The highest BCUT2D eigenvalue weighted by atomic mass is 32.1. The average molecular weight is 348 g/mol. The molecule has 0 aromatic carbocycles. The predicted octanol–water partition coefficient (Wildman–Crippen LogP) is 2.38. The van der Waals surface area contributed by atoms with Gasteiger partial charge in [0.2, 0.25) is 5.91 Å². The molecule has 1 atom stereocenters. The molecule has 1 saturated carbocycles. The van der Waals surface area contributed by atoms with Crippen LogP contribution >= 0.6 is 11.3 Å². The lowest BCUT2D eigenvalue weighted by atomic mass is 10.0. The molecule has 0 N–H and O–H groups in total. The lowest BCUT2D eigenvalue weighted by Gasteiger charge is -2.38. The molecular weight excluding hydrogens is 324 g/mol. The summed E-state index contributed by atoms with van der Waals surface area (Å²) in [5, 5.41) is 3.84. The number of amides is 2. The number of hydrogen-bond acceptors (Lipinski definition) is 4. The number of carbonyl (C=O) groups is 2. The van der Waals surface area contributed by atoms with Crippen LogP contribution in [0.1, 0.15) is 42.5 Å². The molecule has 4 rings (SSSR count). The van der Waals surface area contributed by atoms with Gasteiger partial charge in [-0.25, -0.2) is 0 Å². The molecule has 6 heteroatoms. The van der Waals surface area contributed by atoms with E-state index in [9.17, 15) is 9.59 Å². The van der Waals surface area contributed by atoms with Crippen molar-refractivity contribution in [2.24, 2.45) is 5.92 Å². The van der Waals surface area contributed by atoms with Crippen LogP contribution in [0.2, 0.25) is 0 Å². The van der Waals surface area contributed by atoms with Gasteiger partial charge in [-0.15, -0.1) is 0 Å². The highest BCUT2D eigenvalue weighted by Crippen LogP contribution is 2.35. The summed E-state index contributed by atoms with van der Waals surface area (Å²) >= 11 is 1.55. The third-order valence-electron chi connectivity index (χ3n) is 5.38. The van der Waals surface area contributed by atoms with Crippen LogP contribution in [0.25, 0.3) is 0 Å². The van der Waals surface area contributed by atoms with Gasteiger partial charge >= 0.3 is 0 Å². The van der Waals surface area contributed by atoms with Crippen molar-refractivity contribution in [3.05, 3.63) is 22.4 Å². The largest absolute Gasteiger partial charge is 0.381 e. The molecule has 3 fully saturated rings. The normalized spacial score (nSPS) is 25.0. The molecule has 2 amide bonds. The Hall–Kier alpha value is -1.40. The highest BCUT2D eigenvalue weighted by molar-refractivity contribution is 7.08. The lowest BCUT2D eigenvalue weighted by molar-refractivity contribution is -0.139. The number of likely N-dealkylation sites (tertiary alicyclic amines) is 1. The van der Waals surface area contributed by atoms with Gasteiger partial charge in [0, 0.05) is 43.6 Å². The summed E-state index contributed by atoms with van der Waals surface area (Å²) in [5.74, 6) is 0.649. The zero-order valence-corrected chi connectivity index (χ0v) is 14.7. The van der Waals surface area contributed by atoms with E-state index in [1.165, 1.54) is 0 Å². The standard InChI is InChI=1S/C18H24N2O3S/c21-17(14-6-10-24-12-14)19-7-3-16(11-19)20(18(22)13-1-2-13)15-4-8-23-9-5-15/h6,10,12-13,15-16H,1-5,7-9,11H2. The first-order valence-electron chi connectivity index (χ1n) is 8.95. The molecule has 0 bridgehead atoms. The molecule has 0 spiro atoms. The Morgan fingerprint density at radius 2 is 1.92 bits per heavy atom. The highest BCUT2D eigenvalue weighted by Gasteiger charge is 2.42. The van der Waals surface area contributed by atoms with Gasteiger partial charge in [-0.2, -0.15) is 11.3 Å². The average Bonchev–Trinajstić information content (AvgIpc) is 3.11. The van der Waals surface area contributed by atoms with E-state index in [2.05, 4.69) is 4.90 Å². The van der Waals surface area contributed by atoms with Crippen LogP contribution in [0.5, 0.6) is 0 Å².